The van der Waals surface area contributed by atoms with Crippen molar-refractivity contribution in [2.75, 3.05) is 0 Å². The van der Waals surface area contributed by atoms with Crippen LogP contribution in [0, 0.1) is 0 Å². The van der Waals surface area contributed by atoms with Gasteiger partial charge in [0.05, 0.1) is 34.3 Å². The van der Waals surface area contributed by atoms with Crippen LogP contribution in [-0.2, 0) is 0 Å². The highest BCUT2D eigenvalue weighted by Gasteiger charge is 2.21. The molecule has 0 saturated carbocycles. The summed E-state index contributed by atoms with van der Waals surface area (Å²) in [6.07, 6.45) is 8.10. The van der Waals surface area contributed by atoms with Crippen molar-refractivity contribution in [3.05, 3.63) is 211 Å². The van der Waals surface area contributed by atoms with Gasteiger partial charge in [0.1, 0.15) is 0 Å². The van der Waals surface area contributed by atoms with E-state index in [1.807, 2.05) is 42.7 Å². The number of dihydropyridines is 1. The quantitative estimate of drug-likeness (QED) is 0.176. The first-order valence-electron chi connectivity index (χ1n) is 18.3. The molecule has 0 bridgehead atoms. The lowest BCUT2D eigenvalue weighted by atomic mass is 9.89. The second kappa shape index (κ2) is 13.4. The summed E-state index contributed by atoms with van der Waals surface area (Å²) in [4.78, 5) is 14.8. The Morgan fingerprint density at radius 3 is 1.94 bits per heavy atom. The van der Waals surface area contributed by atoms with Crippen LogP contribution in [0.5, 0.6) is 0 Å². The largest absolute Gasteiger partial charge is 0.371 e. The minimum atomic E-state index is -0.0919. The summed E-state index contributed by atoms with van der Waals surface area (Å²) in [5.74, 6) is 0. The zero-order chi connectivity index (χ0) is 35.8. The lowest BCUT2D eigenvalue weighted by Crippen LogP contribution is -2.23. The summed E-state index contributed by atoms with van der Waals surface area (Å²) in [7, 11) is 0. The van der Waals surface area contributed by atoms with E-state index in [4.69, 9.17) is 4.98 Å². The van der Waals surface area contributed by atoms with E-state index < -0.39 is 0 Å². The molecule has 6 aromatic carbocycles. The number of benzene rings is 6. The number of nitrogens with one attached hydrogen (secondary N) is 1. The third-order valence-corrected chi connectivity index (χ3v) is 10.4. The molecule has 9 aromatic rings. The van der Waals surface area contributed by atoms with Crippen molar-refractivity contribution in [1.82, 2.24) is 20.3 Å². The van der Waals surface area contributed by atoms with Crippen LogP contribution in [0.1, 0.15) is 23.0 Å². The minimum Gasteiger partial charge on any atom is -0.371 e. The molecule has 4 nitrogen and oxygen atoms in total. The molecule has 0 saturated heterocycles. The van der Waals surface area contributed by atoms with E-state index >= 15 is 0 Å². The monoisotopic (exact) mass is 690 g/mol. The van der Waals surface area contributed by atoms with Gasteiger partial charge in [0.2, 0.25) is 0 Å². The van der Waals surface area contributed by atoms with Gasteiger partial charge in [-0.2, -0.15) is 0 Å². The van der Waals surface area contributed by atoms with Crippen LogP contribution in [0.3, 0.4) is 0 Å². The Balaban J connectivity index is 1.14. The molecule has 0 amide bonds. The second-order valence-corrected chi connectivity index (χ2v) is 13.6. The fourth-order valence-corrected chi connectivity index (χ4v) is 7.86. The Hall–Kier alpha value is -7.17. The van der Waals surface area contributed by atoms with Gasteiger partial charge < -0.3 is 5.32 Å². The summed E-state index contributed by atoms with van der Waals surface area (Å²) in [5.41, 5.74) is 12.8. The molecule has 3 aromatic heterocycles. The summed E-state index contributed by atoms with van der Waals surface area (Å²) < 4.78 is 0. The van der Waals surface area contributed by atoms with Crippen molar-refractivity contribution in [3.63, 3.8) is 0 Å². The molecule has 1 aliphatic heterocycles. The number of aromatic nitrogens is 3. The smallest absolute Gasteiger partial charge is 0.0879 e. The molecule has 1 atom stereocenters. The van der Waals surface area contributed by atoms with Crippen LogP contribution >= 0.6 is 0 Å². The Kier molecular flexibility index (Phi) is 7.85. The molecule has 4 heterocycles. The first kappa shape index (κ1) is 31.6. The molecule has 1 unspecified atom stereocenters. The first-order valence-corrected chi connectivity index (χ1v) is 18.3. The minimum absolute atomic E-state index is 0.0919. The Bertz CT molecular complexity index is 2870. The highest BCUT2D eigenvalue weighted by molar-refractivity contribution is 6.20. The van der Waals surface area contributed by atoms with E-state index in [-0.39, 0.29) is 6.04 Å². The summed E-state index contributed by atoms with van der Waals surface area (Å²) in [6, 6.07) is 59.9. The number of rotatable bonds is 6. The van der Waals surface area contributed by atoms with Crippen molar-refractivity contribution in [1.29, 1.82) is 0 Å². The topological polar surface area (TPSA) is 50.7 Å². The summed E-state index contributed by atoms with van der Waals surface area (Å²) >= 11 is 0. The highest BCUT2D eigenvalue weighted by Crippen LogP contribution is 2.43. The summed E-state index contributed by atoms with van der Waals surface area (Å²) in [6.45, 7) is 0. The fourth-order valence-electron chi connectivity index (χ4n) is 7.86. The molecule has 0 fully saturated rings. The van der Waals surface area contributed by atoms with Gasteiger partial charge in [-0.15, -0.1) is 0 Å². The summed E-state index contributed by atoms with van der Waals surface area (Å²) in [5, 5.41) is 9.61. The maximum atomic E-state index is 5.50. The van der Waals surface area contributed by atoms with Gasteiger partial charge in [0, 0.05) is 39.7 Å². The third-order valence-electron chi connectivity index (χ3n) is 10.4. The van der Waals surface area contributed by atoms with Crippen LogP contribution in [0.25, 0.3) is 77.2 Å². The predicted octanol–water partition coefficient (Wildman–Crippen LogP) is 12.1. The van der Waals surface area contributed by atoms with Crippen molar-refractivity contribution in [2.24, 2.45) is 0 Å². The van der Waals surface area contributed by atoms with Gasteiger partial charge in [-0.05, 0) is 75.0 Å². The number of nitrogens with zero attached hydrogens (tertiary/aromatic N) is 3. The molecule has 0 spiro atoms. The molecular formula is C50H34N4. The SMILES string of the molecule is C1=C(c2ccc(-c3cccc4c3nc(-c3ccccc3)c3cccc(-c5cccc6ccccc56)c34)cc2)C=C(c2ccccn2)NC1c1ccccn1. The molecule has 0 aliphatic carbocycles. The van der Waals surface area contributed by atoms with E-state index in [2.05, 4.69) is 167 Å². The maximum Gasteiger partial charge on any atom is 0.0879 e. The zero-order valence-corrected chi connectivity index (χ0v) is 29.4. The number of allylic oxidation sites excluding steroid dienone is 2. The van der Waals surface area contributed by atoms with Crippen molar-refractivity contribution in [3.8, 4) is 33.5 Å². The van der Waals surface area contributed by atoms with Gasteiger partial charge in [0.25, 0.3) is 0 Å². The predicted molar refractivity (Wildman–Crippen MR) is 223 cm³/mol. The van der Waals surface area contributed by atoms with Crippen LogP contribution < -0.4 is 5.32 Å². The van der Waals surface area contributed by atoms with Crippen molar-refractivity contribution < 1.29 is 0 Å². The normalized spacial score (nSPS) is 14.1. The fraction of sp³-hybridized carbons (Fsp3) is 0.0200. The number of hydrogen-bond donors (Lipinski definition) is 1. The second-order valence-electron chi connectivity index (χ2n) is 13.6. The average Bonchev–Trinajstić information content (AvgIpc) is 3.26. The van der Waals surface area contributed by atoms with Gasteiger partial charge in [-0.3, -0.25) is 9.97 Å². The van der Waals surface area contributed by atoms with Gasteiger partial charge >= 0.3 is 0 Å². The highest BCUT2D eigenvalue weighted by atomic mass is 15.0. The van der Waals surface area contributed by atoms with Crippen LogP contribution in [-0.4, -0.2) is 15.0 Å². The van der Waals surface area contributed by atoms with E-state index in [0.717, 1.165) is 66.9 Å². The molecule has 54 heavy (non-hydrogen) atoms. The van der Waals surface area contributed by atoms with E-state index in [0.29, 0.717) is 0 Å². The van der Waals surface area contributed by atoms with E-state index in [1.165, 1.54) is 27.3 Å². The number of para-hydroxylation sites is 1. The lowest BCUT2D eigenvalue weighted by molar-refractivity contribution is 0.736. The molecule has 254 valence electrons. The Morgan fingerprint density at radius 2 is 1.13 bits per heavy atom. The number of fused-ring (bicyclic) bond motifs is 4. The molecule has 4 heteroatoms. The molecule has 0 radical (unpaired) electrons. The maximum absolute atomic E-state index is 5.50. The van der Waals surface area contributed by atoms with Crippen LogP contribution in [0.2, 0.25) is 0 Å². The van der Waals surface area contributed by atoms with E-state index in [1.54, 1.807) is 0 Å². The van der Waals surface area contributed by atoms with Gasteiger partial charge in [0.15, 0.2) is 0 Å². The van der Waals surface area contributed by atoms with Gasteiger partial charge in [-0.25, -0.2) is 4.98 Å². The zero-order valence-electron chi connectivity index (χ0n) is 29.4. The van der Waals surface area contributed by atoms with Crippen molar-refractivity contribution in [2.45, 2.75) is 6.04 Å². The molecule has 10 rings (SSSR count). The lowest BCUT2D eigenvalue weighted by Gasteiger charge is -2.24. The van der Waals surface area contributed by atoms with E-state index in [9.17, 15) is 0 Å². The molecule has 1 N–H and O–H groups in total. The van der Waals surface area contributed by atoms with Crippen LogP contribution in [0.4, 0.5) is 0 Å². The number of pyridine rings is 3. The third kappa shape index (κ3) is 5.62. The van der Waals surface area contributed by atoms with Gasteiger partial charge in [-0.1, -0.05) is 146 Å². The van der Waals surface area contributed by atoms with Crippen LogP contribution in [0.15, 0.2) is 194 Å². The molecule has 1 aliphatic rings. The van der Waals surface area contributed by atoms with Crippen molar-refractivity contribution >= 4 is 43.7 Å². The average molecular weight is 691 g/mol. The number of hydrogen-bond acceptors (Lipinski definition) is 4. The Labute approximate surface area is 313 Å². The molecular weight excluding hydrogens is 657 g/mol. The first-order chi connectivity index (χ1) is 26.8. The Morgan fingerprint density at radius 1 is 0.463 bits per heavy atom. The standard InChI is InChI=1S/C50H34N4/c1-2-14-36(15-3-1)49-42-21-12-20-41(40-19-10-16-34-13-4-5-17-38(34)40)48(42)43-22-11-18-39(50(43)54-49)35-27-25-33(26-28-35)37-31-46(44-23-6-8-29-51-44)53-47(32-37)45-24-7-9-30-52-45/h1-32,46,53H.